The predicted octanol–water partition coefficient (Wildman–Crippen LogP) is 5.51. The van der Waals surface area contributed by atoms with Gasteiger partial charge in [-0.15, -0.1) is 0 Å². The van der Waals surface area contributed by atoms with Crippen LogP contribution in [0.5, 0.6) is 0 Å². The highest BCUT2D eigenvalue weighted by atomic mass is 35.5. The van der Waals surface area contributed by atoms with Crippen molar-refractivity contribution in [2.24, 2.45) is 0 Å². The number of nitrogens with zero attached hydrogens (tertiary/aromatic N) is 2. The molecule has 1 fully saturated rings. The van der Waals surface area contributed by atoms with Crippen LogP contribution in [-0.2, 0) is 4.79 Å². The highest BCUT2D eigenvalue weighted by molar-refractivity contribution is 8.27. The molecule has 1 amide bonds. The van der Waals surface area contributed by atoms with E-state index in [2.05, 4.69) is 11.8 Å². The van der Waals surface area contributed by atoms with Crippen LogP contribution in [0.1, 0.15) is 6.92 Å². The van der Waals surface area contributed by atoms with E-state index in [1.165, 1.54) is 11.8 Å². The molecule has 2 aromatic carbocycles. The molecule has 7 heteroatoms. The van der Waals surface area contributed by atoms with Crippen LogP contribution in [-0.4, -0.2) is 16.8 Å². The van der Waals surface area contributed by atoms with Crippen molar-refractivity contribution in [1.82, 2.24) is 0 Å². The molecule has 0 aliphatic carbocycles. The zero-order chi connectivity index (χ0) is 17.6. The minimum Gasteiger partial charge on any atom is -0.334 e. The first-order valence-corrected chi connectivity index (χ1v) is 10.1. The Kier molecular flexibility index (Phi) is 4.54. The van der Waals surface area contributed by atoms with E-state index in [4.69, 9.17) is 23.8 Å². The molecule has 0 saturated carbocycles. The van der Waals surface area contributed by atoms with Crippen LogP contribution in [0.2, 0.25) is 5.02 Å². The standard InChI is InChI=1S/C18H13ClN2OS3/c1-2-20-13-10-11(19)8-9-14(13)24-17(20)15-16(22)21(18(23)25-15)12-6-4-3-5-7-12/h3-10H,2H2,1H3. The number of para-hydroxylation sites is 1. The first-order chi connectivity index (χ1) is 12.1. The summed E-state index contributed by atoms with van der Waals surface area (Å²) in [6, 6.07) is 15.3. The van der Waals surface area contributed by atoms with Crippen LogP contribution in [0.4, 0.5) is 11.4 Å². The number of hydrogen-bond donors (Lipinski definition) is 0. The summed E-state index contributed by atoms with van der Waals surface area (Å²) < 4.78 is 0.560. The van der Waals surface area contributed by atoms with Gasteiger partial charge >= 0.3 is 0 Å². The first kappa shape index (κ1) is 17.0. The molecule has 126 valence electrons. The molecule has 2 aliphatic heterocycles. The molecule has 2 heterocycles. The van der Waals surface area contributed by atoms with Gasteiger partial charge in [0.15, 0.2) is 4.32 Å². The highest BCUT2D eigenvalue weighted by Crippen LogP contribution is 2.51. The quantitative estimate of drug-likeness (QED) is 0.485. The Morgan fingerprint density at radius 3 is 2.60 bits per heavy atom. The zero-order valence-electron chi connectivity index (χ0n) is 13.2. The molecule has 0 unspecified atom stereocenters. The Hall–Kier alpha value is -1.47. The molecule has 25 heavy (non-hydrogen) atoms. The van der Waals surface area contributed by atoms with Crippen molar-refractivity contribution in [1.29, 1.82) is 0 Å². The number of carbonyl (C=O) groups is 1. The zero-order valence-corrected chi connectivity index (χ0v) is 16.4. The summed E-state index contributed by atoms with van der Waals surface area (Å²) in [5.74, 6) is -0.0685. The third kappa shape index (κ3) is 2.87. The number of fused-ring (bicyclic) bond motifs is 1. The van der Waals surface area contributed by atoms with Crippen LogP contribution >= 0.6 is 47.3 Å². The molecule has 2 aromatic rings. The Bertz CT molecular complexity index is 914. The lowest BCUT2D eigenvalue weighted by Gasteiger charge is -2.19. The second-order valence-electron chi connectivity index (χ2n) is 5.44. The molecule has 0 spiro atoms. The number of carbonyl (C=O) groups excluding carboxylic acids is 1. The van der Waals surface area contributed by atoms with Crippen molar-refractivity contribution >= 4 is 68.9 Å². The summed E-state index contributed by atoms with van der Waals surface area (Å²) in [6.45, 7) is 2.82. The second-order valence-corrected chi connectivity index (χ2v) is 8.55. The normalized spacial score (nSPS) is 19.8. The summed E-state index contributed by atoms with van der Waals surface area (Å²) in [7, 11) is 0. The van der Waals surface area contributed by atoms with Gasteiger partial charge in [0.05, 0.1) is 11.4 Å². The van der Waals surface area contributed by atoms with E-state index in [0.29, 0.717) is 14.2 Å². The molecule has 3 nitrogen and oxygen atoms in total. The maximum atomic E-state index is 13.1. The van der Waals surface area contributed by atoms with E-state index in [0.717, 1.165) is 27.8 Å². The fraction of sp³-hybridized carbons (Fsp3) is 0.111. The van der Waals surface area contributed by atoms with Gasteiger partial charge in [0.1, 0.15) is 9.93 Å². The Morgan fingerprint density at radius 2 is 1.88 bits per heavy atom. The Labute approximate surface area is 165 Å². The number of amides is 1. The van der Waals surface area contributed by atoms with Crippen LogP contribution in [0.3, 0.4) is 0 Å². The smallest absolute Gasteiger partial charge is 0.273 e. The lowest BCUT2D eigenvalue weighted by atomic mass is 10.3. The Morgan fingerprint density at radius 1 is 1.12 bits per heavy atom. The van der Waals surface area contributed by atoms with E-state index in [1.54, 1.807) is 16.7 Å². The van der Waals surface area contributed by atoms with Gasteiger partial charge in [0.25, 0.3) is 5.91 Å². The number of rotatable bonds is 2. The fourth-order valence-electron chi connectivity index (χ4n) is 2.84. The second kappa shape index (κ2) is 6.68. The van der Waals surface area contributed by atoms with Gasteiger partial charge in [0.2, 0.25) is 0 Å². The molecular weight excluding hydrogens is 392 g/mol. The van der Waals surface area contributed by atoms with Crippen molar-refractivity contribution in [3.05, 3.63) is 63.5 Å². The summed E-state index contributed by atoms with van der Waals surface area (Å²) >= 11 is 14.6. The maximum absolute atomic E-state index is 13.1. The van der Waals surface area contributed by atoms with Gasteiger partial charge in [-0.05, 0) is 37.3 Å². The highest BCUT2D eigenvalue weighted by Gasteiger charge is 2.39. The largest absolute Gasteiger partial charge is 0.334 e. The molecule has 0 bridgehead atoms. The average Bonchev–Trinajstić information content (AvgIpc) is 3.11. The molecular formula is C18H13ClN2OS3. The van der Waals surface area contributed by atoms with E-state index < -0.39 is 0 Å². The van der Waals surface area contributed by atoms with E-state index in [1.807, 2.05) is 48.5 Å². The molecule has 0 aromatic heterocycles. The van der Waals surface area contributed by atoms with Crippen molar-refractivity contribution in [2.45, 2.75) is 11.8 Å². The van der Waals surface area contributed by atoms with Crippen molar-refractivity contribution in [2.75, 3.05) is 16.3 Å². The number of benzene rings is 2. The molecule has 0 radical (unpaired) electrons. The lowest BCUT2D eigenvalue weighted by Crippen LogP contribution is -2.28. The van der Waals surface area contributed by atoms with Gasteiger partial charge in [-0.1, -0.05) is 65.5 Å². The fourth-order valence-corrected chi connectivity index (χ4v) is 5.66. The van der Waals surface area contributed by atoms with Crippen LogP contribution < -0.4 is 9.80 Å². The van der Waals surface area contributed by atoms with Gasteiger partial charge in [-0.3, -0.25) is 9.69 Å². The predicted molar refractivity (Wildman–Crippen MR) is 111 cm³/mol. The average molecular weight is 405 g/mol. The molecule has 4 rings (SSSR count). The number of halogens is 1. The van der Waals surface area contributed by atoms with Crippen molar-refractivity contribution < 1.29 is 4.79 Å². The van der Waals surface area contributed by atoms with Crippen molar-refractivity contribution in [3.63, 3.8) is 0 Å². The monoisotopic (exact) mass is 404 g/mol. The molecule has 0 atom stereocenters. The molecule has 2 aliphatic rings. The minimum absolute atomic E-state index is 0.0685. The van der Waals surface area contributed by atoms with Crippen LogP contribution in [0, 0.1) is 0 Å². The number of thiocarbonyl (C=S) groups is 1. The van der Waals surface area contributed by atoms with Crippen LogP contribution in [0.25, 0.3) is 0 Å². The first-order valence-electron chi connectivity index (χ1n) is 7.70. The van der Waals surface area contributed by atoms with Gasteiger partial charge < -0.3 is 4.90 Å². The summed E-state index contributed by atoms with van der Waals surface area (Å²) in [4.78, 5) is 18.6. The van der Waals surface area contributed by atoms with Gasteiger partial charge in [0, 0.05) is 16.5 Å². The minimum atomic E-state index is -0.0685. The third-order valence-corrected chi connectivity index (χ3v) is 6.87. The maximum Gasteiger partial charge on any atom is 0.273 e. The third-order valence-electron chi connectivity index (χ3n) is 3.96. The summed E-state index contributed by atoms with van der Waals surface area (Å²) in [6.07, 6.45) is 0. The molecule has 1 saturated heterocycles. The van der Waals surface area contributed by atoms with Gasteiger partial charge in [-0.2, -0.15) is 0 Å². The molecule has 0 N–H and O–H groups in total. The van der Waals surface area contributed by atoms with Crippen molar-refractivity contribution in [3.8, 4) is 0 Å². The number of anilines is 2. The van der Waals surface area contributed by atoms with E-state index in [9.17, 15) is 4.79 Å². The van der Waals surface area contributed by atoms with E-state index >= 15 is 0 Å². The van der Waals surface area contributed by atoms with Gasteiger partial charge in [-0.25, -0.2) is 0 Å². The van der Waals surface area contributed by atoms with E-state index in [-0.39, 0.29) is 5.91 Å². The lowest BCUT2D eigenvalue weighted by molar-refractivity contribution is -0.113. The van der Waals surface area contributed by atoms with Crippen LogP contribution in [0.15, 0.2) is 63.4 Å². The summed E-state index contributed by atoms with van der Waals surface area (Å²) in [5.41, 5.74) is 1.84. The Balaban J connectivity index is 1.77. The number of thioether (sulfide) groups is 2. The number of hydrogen-bond acceptors (Lipinski definition) is 5. The topological polar surface area (TPSA) is 23.6 Å². The SMILES string of the molecule is CCN1C(=C2SC(=S)N(c3ccccc3)C2=O)Sc2ccc(Cl)cc21. The summed E-state index contributed by atoms with van der Waals surface area (Å²) in [5, 5.41) is 1.62.